The molecule has 0 spiro atoms. The molecule has 0 aliphatic carbocycles. The van der Waals surface area contributed by atoms with E-state index in [2.05, 4.69) is 9.59 Å². The van der Waals surface area contributed by atoms with Crippen molar-refractivity contribution in [3.05, 3.63) is 46.0 Å². The highest BCUT2D eigenvalue weighted by atomic mass is 32.1. The molecule has 15 heavy (non-hydrogen) atoms. The number of hydrogen-bond acceptors (Lipinski definition) is 4. The van der Waals surface area contributed by atoms with Crippen LogP contribution in [0.25, 0.3) is 0 Å². The maximum atomic E-state index is 12.0. The average molecular weight is 218 g/mol. The van der Waals surface area contributed by atoms with Gasteiger partial charge in [0.2, 0.25) is 5.78 Å². The fourth-order valence-corrected chi connectivity index (χ4v) is 1.98. The molecule has 0 unspecified atom stereocenters. The van der Waals surface area contributed by atoms with Crippen LogP contribution in [0.5, 0.6) is 0 Å². The van der Waals surface area contributed by atoms with Gasteiger partial charge in [0.05, 0.1) is 5.69 Å². The molecule has 1 aromatic heterocycles. The molecule has 76 valence electrons. The standard InChI is InChI=1S/C11H10N2OS/c1-7-4-3-5-9(6-7)10(14)11-8(2)12-13-15-11/h3-6H,1-2H3. The predicted molar refractivity (Wildman–Crippen MR) is 59.3 cm³/mol. The number of benzene rings is 1. The Morgan fingerprint density at radius 2 is 2.13 bits per heavy atom. The van der Waals surface area contributed by atoms with E-state index in [0.717, 1.165) is 17.1 Å². The topological polar surface area (TPSA) is 42.9 Å². The lowest BCUT2D eigenvalue weighted by Crippen LogP contribution is -2.00. The first-order chi connectivity index (χ1) is 7.18. The third-order valence-electron chi connectivity index (χ3n) is 2.14. The number of ketones is 1. The molecular formula is C11H10N2OS. The number of carbonyl (C=O) groups is 1. The van der Waals surface area contributed by atoms with Gasteiger partial charge in [-0.1, -0.05) is 28.3 Å². The minimum atomic E-state index is 0.00574. The van der Waals surface area contributed by atoms with Crippen LogP contribution in [0.15, 0.2) is 24.3 Å². The molecule has 1 heterocycles. The predicted octanol–water partition coefficient (Wildman–Crippen LogP) is 2.39. The van der Waals surface area contributed by atoms with Crippen LogP contribution < -0.4 is 0 Å². The van der Waals surface area contributed by atoms with Gasteiger partial charge in [-0.25, -0.2) is 0 Å². The van der Waals surface area contributed by atoms with Crippen molar-refractivity contribution in [3.8, 4) is 0 Å². The molecule has 0 atom stereocenters. The highest BCUT2D eigenvalue weighted by molar-refractivity contribution is 7.08. The number of aromatic nitrogens is 2. The van der Waals surface area contributed by atoms with Crippen molar-refractivity contribution < 1.29 is 4.79 Å². The Morgan fingerprint density at radius 3 is 2.73 bits per heavy atom. The Labute approximate surface area is 91.9 Å². The molecule has 4 heteroatoms. The Kier molecular flexibility index (Phi) is 2.60. The van der Waals surface area contributed by atoms with Crippen molar-refractivity contribution in [3.63, 3.8) is 0 Å². The van der Waals surface area contributed by atoms with Crippen molar-refractivity contribution in [2.24, 2.45) is 0 Å². The SMILES string of the molecule is Cc1cccc(C(=O)c2snnc2C)c1. The van der Waals surface area contributed by atoms with Crippen LogP contribution in [0.4, 0.5) is 0 Å². The van der Waals surface area contributed by atoms with Gasteiger partial charge in [0.15, 0.2) is 0 Å². The first-order valence-electron chi connectivity index (χ1n) is 4.59. The van der Waals surface area contributed by atoms with Crippen molar-refractivity contribution in [2.75, 3.05) is 0 Å². The van der Waals surface area contributed by atoms with Gasteiger partial charge < -0.3 is 0 Å². The molecule has 0 amide bonds. The van der Waals surface area contributed by atoms with Gasteiger partial charge in [-0.15, -0.1) is 5.10 Å². The second-order valence-corrected chi connectivity index (χ2v) is 4.14. The summed E-state index contributed by atoms with van der Waals surface area (Å²) >= 11 is 1.15. The quantitative estimate of drug-likeness (QED) is 0.727. The van der Waals surface area contributed by atoms with Crippen molar-refractivity contribution in [2.45, 2.75) is 13.8 Å². The van der Waals surface area contributed by atoms with E-state index in [1.807, 2.05) is 31.2 Å². The van der Waals surface area contributed by atoms with E-state index in [1.165, 1.54) is 0 Å². The normalized spacial score (nSPS) is 10.3. The summed E-state index contributed by atoms with van der Waals surface area (Å²) in [5.74, 6) is 0.00574. The van der Waals surface area contributed by atoms with Gasteiger partial charge in [-0.05, 0) is 31.4 Å². The fraction of sp³-hybridized carbons (Fsp3) is 0.182. The van der Waals surface area contributed by atoms with Gasteiger partial charge in [-0.3, -0.25) is 4.79 Å². The van der Waals surface area contributed by atoms with Crippen LogP contribution in [-0.4, -0.2) is 15.4 Å². The maximum absolute atomic E-state index is 12.0. The van der Waals surface area contributed by atoms with Crippen LogP contribution in [0.1, 0.15) is 26.5 Å². The van der Waals surface area contributed by atoms with Crippen LogP contribution in [-0.2, 0) is 0 Å². The number of carbonyl (C=O) groups excluding carboxylic acids is 1. The summed E-state index contributed by atoms with van der Waals surface area (Å²) < 4.78 is 3.76. The highest BCUT2D eigenvalue weighted by Crippen LogP contribution is 2.16. The molecule has 0 bridgehead atoms. The van der Waals surface area contributed by atoms with E-state index in [-0.39, 0.29) is 5.78 Å². The Morgan fingerprint density at radius 1 is 1.33 bits per heavy atom. The van der Waals surface area contributed by atoms with Crippen LogP contribution >= 0.6 is 11.5 Å². The van der Waals surface area contributed by atoms with E-state index in [1.54, 1.807) is 6.92 Å². The summed E-state index contributed by atoms with van der Waals surface area (Å²) in [6.45, 7) is 3.76. The lowest BCUT2D eigenvalue weighted by Gasteiger charge is -1.99. The number of hydrogen-bond donors (Lipinski definition) is 0. The second kappa shape index (κ2) is 3.90. The zero-order chi connectivity index (χ0) is 10.8. The minimum absolute atomic E-state index is 0.00574. The molecule has 1 aromatic carbocycles. The molecule has 0 N–H and O–H groups in total. The highest BCUT2D eigenvalue weighted by Gasteiger charge is 2.14. The molecule has 0 saturated heterocycles. The summed E-state index contributed by atoms with van der Waals surface area (Å²) in [5, 5.41) is 3.83. The summed E-state index contributed by atoms with van der Waals surface area (Å²) in [5.41, 5.74) is 2.48. The van der Waals surface area contributed by atoms with E-state index in [4.69, 9.17) is 0 Å². The Balaban J connectivity index is 2.41. The minimum Gasteiger partial charge on any atom is -0.288 e. The van der Waals surface area contributed by atoms with E-state index < -0.39 is 0 Å². The monoisotopic (exact) mass is 218 g/mol. The summed E-state index contributed by atoms with van der Waals surface area (Å²) in [4.78, 5) is 12.6. The first kappa shape index (κ1) is 9.98. The molecule has 0 aliphatic rings. The molecule has 0 fully saturated rings. The van der Waals surface area contributed by atoms with Crippen molar-refractivity contribution in [1.29, 1.82) is 0 Å². The first-order valence-corrected chi connectivity index (χ1v) is 5.36. The number of nitrogens with zero attached hydrogens (tertiary/aromatic N) is 2. The van der Waals surface area contributed by atoms with Crippen molar-refractivity contribution >= 4 is 17.3 Å². The summed E-state index contributed by atoms with van der Waals surface area (Å²) in [6, 6.07) is 7.54. The molecule has 0 saturated carbocycles. The van der Waals surface area contributed by atoms with Gasteiger partial charge in [0.1, 0.15) is 4.88 Å². The van der Waals surface area contributed by atoms with Gasteiger partial charge in [0.25, 0.3) is 0 Å². The molecule has 2 rings (SSSR count). The molecular weight excluding hydrogens is 208 g/mol. The molecule has 0 aliphatic heterocycles. The second-order valence-electron chi connectivity index (χ2n) is 3.39. The third-order valence-corrected chi connectivity index (χ3v) is 2.96. The number of aryl methyl sites for hydroxylation is 2. The molecule has 3 nitrogen and oxygen atoms in total. The third kappa shape index (κ3) is 1.94. The zero-order valence-corrected chi connectivity index (χ0v) is 9.34. The van der Waals surface area contributed by atoms with Crippen LogP contribution in [0.3, 0.4) is 0 Å². The lowest BCUT2D eigenvalue weighted by atomic mass is 10.1. The summed E-state index contributed by atoms with van der Waals surface area (Å²) in [7, 11) is 0. The smallest absolute Gasteiger partial charge is 0.206 e. The van der Waals surface area contributed by atoms with Crippen LogP contribution in [0.2, 0.25) is 0 Å². The van der Waals surface area contributed by atoms with Gasteiger partial charge in [-0.2, -0.15) is 0 Å². The van der Waals surface area contributed by atoms with Crippen LogP contribution in [0, 0.1) is 13.8 Å². The van der Waals surface area contributed by atoms with Crippen molar-refractivity contribution in [1.82, 2.24) is 9.59 Å². The van der Waals surface area contributed by atoms with E-state index in [9.17, 15) is 4.79 Å². The molecule has 2 aromatic rings. The zero-order valence-electron chi connectivity index (χ0n) is 8.52. The fourth-order valence-electron chi connectivity index (χ4n) is 1.36. The summed E-state index contributed by atoms with van der Waals surface area (Å²) in [6.07, 6.45) is 0. The van der Waals surface area contributed by atoms with E-state index >= 15 is 0 Å². The Hall–Kier alpha value is -1.55. The van der Waals surface area contributed by atoms with E-state index in [0.29, 0.717) is 16.1 Å². The molecule has 0 radical (unpaired) electrons. The average Bonchev–Trinajstić information content (AvgIpc) is 2.63. The lowest BCUT2D eigenvalue weighted by molar-refractivity contribution is 0.104. The van der Waals surface area contributed by atoms with Gasteiger partial charge >= 0.3 is 0 Å². The largest absolute Gasteiger partial charge is 0.288 e. The maximum Gasteiger partial charge on any atom is 0.206 e. The number of rotatable bonds is 2. The van der Waals surface area contributed by atoms with Gasteiger partial charge in [0, 0.05) is 5.56 Å². The Bertz CT molecular complexity index is 505.